The molecule has 2 atom stereocenters. The number of anilines is 1. The Morgan fingerprint density at radius 1 is 1.28 bits per heavy atom. The summed E-state index contributed by atoms with van der Waals surface area (Å²) in [6.07, 6.45) is 1.57. The Kier molecular flexibility index (Phi) is 5.42. The van der Waals surface area contributed by atoms with Crippen molar-refractivity contribution in [2.24, 2.45) is 0 Å². The summed E-state index contributed by atoms with van der Waals surface area (Å²) in [6, 6.07) is 14.6. The zero-order chi connectivity index (χ0) is 20.6. The van der Waals surface area contributed by atoms with Crippen LogP contribution in [-0.2, 0) is 5.60 Å². The van der Waals surface area contributed by atoms with Crippen molar-refractivity contribution in [1.82, 2.24) is 4.90 Å². The molecule has 4 rings (SSSR count). The van der Waals surface area contributed by atoms with E-state index in [0.717, 1.165) is 34.2 Å². The van der Waals surface area contributed by atoms with Crippen LogP contribution in [0.3, 0.4) is 0 Å². The fourth-order valence-corrected chi connectivity index (χ4v) is 5.35. The minimum atomic E-state index is -1.18. The van der Waals surface area contributed by atoms with E-state index in [4.69, 9.17) is 16.3 Å². The summed E-state index contributed by atoms with van der Waals surface area (Å²) < 4.78 is 6.23. The highest BCUT2D eigenvalue weighted by Gasteiger charge is 2.42. The van der Waals surface area contributed by atoms with E-state index in [-0.39, 0.29) is 12.1 Å². The standard InChI is InChI=1S/C22H23ClN2O3S/c1-22(27,14-9-11-15(28-2)12-10-14)18-8-5-13-25(18)21(26)24-20-19(23)16-6-3-4-7-17(16)29-20/h3-4,6-7,9-12,18,27H,5,8,13H2,1-2H3,(H,24,26)/t18-,22-/m0/s1. The molecule has 0 bridgehead atoms. The summed E-state index contributed by atoms with van der Waals surface area (Å²) >= 11 is 7.93. The molecule has 3 aromatic rings. The molecule has 0 saturated carbocycles. The smallest absolute Gasteiger partial charge is 0.322 e. The van der Waals surface area contributed by atoms with E-state index in [1.54, 1.807) is 18.9 Å². The van der Waals surface area contributed by atoms with Crippen molar-refractivity contribution in [3.05, 3.63) is 59.1 Å². The first kappa shape index (κ1) is 20.0. The molecule has 2 aromatic carbocycles. The number of hydrogen-bond acceptors (Lipinski definition) is 4. The maximum atomic E-state index is 13.1. The summed E-state index contributed by atoms with van der Waals surface area (Å²) in [5.41, 5.74) is -0.424. The number of aliphatic hydroxyl groups is 1. The first-order valence-electron chi connectivity index (χ1n) is 9.53. The molecule has 7 heteroatoms. The molecule has 2 amide bonds. The van der Waals surface area contributed by atoms with Crippen molar-refractivity contribution in [1.29, 1.82) is 0 Å². The van der Waals surface area contributed by atoms with Gasteiger partial charge in [0.25, 0.3) is 0 Å². The highest BCUT2D eigenvalue weighted by atomic mass is 35.5. The third-order valence-corrected chi connectivity index (χ3v) is 7.18. The molecule has 1 fully saturated rings. The first-order valence-corrected chi connectivity index (χ1v) is 10.7. The highest BCUT2D eigenvalue weighted by Crippen LogP contribution is 2.40. The van der Waals surface area contributed by atoms with Crippen LogP contribution in [0.5, 0.6) is 5.75 Å². The van der Waals surface area contributed by atoms with Gasteiger partial charge >= 0.3 is 6.03 Å². The lowest BCUT2D eigenvalue weighted by atomic mass is 9.86. The molecule has 152 valence electrons. The molecule has 1 saturated heterocycles. The average Bonchev–Trinajstić information content (AvgIpc) is 3.34. The van der Waals surface area contributed by atoms with Crippen LogP contribution in [0.25, 0.3) is 10.1 Å². The van der Waals surface area contributed by atoms with Gasteiger partial charge in [0.1, 0.15) is 16.4 Å². The van der Waals surface area contributed by atoms with Gasteiger partial charge in [0.05, 0.1) is 18.2 Å². The van der Waals surface area contributed by atoms with E-state index in [2.05, 4.69) is 5.32 Å². The number of ether oxygens (including phenoxy) is 1. The average molecular weight is 431 g/mol. The first-order chi connectivity index (χ1) is 13.9. The van der Waals surface area contributed by atoms with Crippen molar-refractivity contribution in [3.63, 3.8) is 0 Å². The normalized spacial score (nSPS) is 18.6. The van der Waals surface area contributed by atoms with Crippen LogP contribution >= 0.6 is 22.9 Å². The number of carbonyl (C=O) groups excluding carboxylic acids is 1. The quantitative estimate of drug-likeness (QED) is 0.577. The van der Waals surface area contributed by atoms with Crippen LogP contribution in [0.4, 0.5) is 9.80 Å². The van der Waals surface area contributed by atoms with Gasteiger partial charge in [0.2, 0.25) is 0 Å². The Morgan fingerprint density at radius 2 is 2.00 bits per heavy atom. The van der Waals surface area contributed by atoms with Gasteiger partial charge in [0, 0.05) is 16.6 Å². The van der Waals surface area contributed by atoms with Gasteiger partial charge in [-0.1, -0.05) is 41.9 Å². The van der Waals surface area contributed by atoms with Crippen molar-refractivity contribution in [2.75, 3.05) is 19.0 Å². The molecule has 0 spiro atoms. The largest absolute Gasteiger partial charge is 0.497 e. The molecule has 2 heterocycles. The highest BCUT2D eigenvalue weighted by molar-refractivity contribution is 7.23. The number of nitrogens with one attached hydrogen (secondary N) is 1. The van der Waals surface area contributed by atoms with Gasteiger partial charge in [-0.25, -0.2) is 4.79 Å². The number of amides is 2. The lowest BCUT2D eigenvalue weighted by Crippen LogP contribution is -2.49. The van der Waals surface area contributed by atoms with Gasteiger partial charge in [-0.2, -0.15) is 0 Å². The Labute approximate surface area is 178 Å². The maximum absolute atomic E-state index is 13.1. The van der Waals surface area contributed by atoms with Crippen LogP contribution in [0.1, 0.15) is 25.3 Å². The minimum absolute atomic E-state index is 0.241. The van der Waals surface area contributed by atoms with Gasteiger partial charge < -0.3 is 14.7 Å². The molecular formula is C22H23ClN2O3S. The molecule has 1 aliphatic rings. The number of carbonyl (C=O) groups is 1. The van der Waals surface area contributed by atoms with Gasteiger partial charge in [0.15, 0.2) is 0 Å². The van der Waals surface area contributed by atoms with Crippen LogP contribution in [0.2, 0.25) is 5.02 Å². The van der Waals surface area contributed by atoms with Crippen molar-refractivity contribution in [2.45, 2.75) is 31.4 Å². The Morgan fingerprint density at radius 3 is 2.69 bits per heavy atom. The fraction of sp³-hybridized carbons (Fsp3) is 0.318. The van der Waals surface area contributed by atoms with Crippen molar-refractivity contribution < 1.29 is 14.6 Å². The number of fused-ring (bicyclic) bond motifs is 1. The van der Waals surface area contributed by atoms with E-state index in [0.29, 0.717) is 16.6 Å². The van der Waals surface area contributed by atoms with Crippen LogP contribution in [-0.4, -0.2) is 35.7 Å². The maximum Gasteiger partial charge on any atom is 0.322 e. The van der Waals surface area contributed by atoms with E-state index in [9.17, 15) is 9.90 Å². The molecule has 1 aliphatic heterocycles. The molecule has 29 heavy (non-hydrogen) atoms. The molecule has 0 unspecified atom stereocenters. The summed E-state index contributed by atoms with van der Waals surface area (Å²) in [5.74, 6) is 0.727. The van der Waals surface area contributed by atoms with Gasteiger partial charge in [-0.3, -0.25) is 5.32 Å². The molecule has 5 nitrogen and oxygen atoms in total. The number of methoxy groups -OCH3 is 1. The lowest BCUT2D eigenvalue weighted by molar-refractivity contribution is -0.00943. The third kappa shape index (κ3) is 3.68. The van der Waals surface area contributed by atoms with E-state index >= 15 is 0 Å². The molecule has 2 N–H and O–H groups in total. The molecule has 0 aliphatic carbocycles. The zero-order valence-electron chi connectivity index (χ0n) is 16.3. The monoisotopic (exact) mass is 430 g/mol. The predicted molar refractivity (Wildman–Crippen MR) is 118 cm³/mol. The predicted octanol–water partition coefficient (Wildman–Crippen LogP) is 5.47. The third-order valence-electron chi connectivity index (χ3n) is 5.59. The number of hydrogen-bond donors (Lipinski definition) is 2. The number of thiophene rings is 1. The Bertz CT molecular complexity index is 1030. The SMILES string of the molecule is COc1ccc([C@](C)(O)[C@@H]2CCCN2C(=O)Nc2sc3ccccc3c2Cl)cc1. The topological polar surface area (TPSA) is 61.8 Å². The Balaban J connectivity index is 1.56. The second kappa shape index (κ2) is 7.86. The zero-order valence-corrected chi connectivity index (χ0v) is 17.9. The number of benzene rings is 2. The molecule has 1 aromatic heterocycles. The number of urea groups is 1. The van der Waals surface area contributed by atoms with Crippen molar-refractivity contribution in [3.8, 4) is 5.75 Å². The van der Waals surface area contributed by atoms with Crippen LogP contribution in [0.15, 0.2) is 48.5 Å². The summed E-state index contributed by atoms with van der Waals surface area (Å²) in [7, 11) is 1.61. The van der Waals surface area contributed by atoms with Crippen LogP contribution in [0, 0.1) is 0 Å². The summed E-state index contributed by atoms with van der Waals surface area (Å²) in [6.45, 7) is 2.35. The second-order valence-corrected chi connectivity index (χ2v) is 8.83. The number of halogens is 1. The van der Waals surface area contributed by atoms with Gasteiger partial charge in [-0.15, -0.1) is 11.3 Å². The number of rotatable bonds is 4. The van der Waals surface area contributed by atoms with E-state index in [1.807, 2.05) is 48.5 Å². The molecule has 0 radical (unpaired) electrons. The summed E-state index contributed by atoms with van der Waals surface area (Å²) in [5, 5.41) is 16.4. The van der Waals surface area contributed by atoms with E-state index < -0.39 is 5.60 Å². The number of nitrogens with zero attached hydrogens (tertiary/aromatic N) is 1. The van der Waals surface area contributed by atoms with Crippen LogP contribution < -0.4 is 10.1 Å². The number of likely N-dealkylation sites (tertiary alicyclic amines) is 1. The Hall–Kier alpha value is -2.28. The van der Waals surface area contributed by atoms with Gasteiger partial charge in [-0.05, 0) is 43.5 Å². The second-order valence-electron chi connectivity index (χ2n) is 7.40. The summed E-state index contributed by atoms with van der Waals surface area (Å²) in [4.78, 5) is 14.8. The van der Waals surface area contributed by atoms with Crippen molar-refractivity contribution >= 4 is 44.1 Å². The fourth-order valence-electron chi connectivity index (χ4n) is 3.98. The lowest BCUT2D eigenvalue weighted by Gasteiger charge is -2.36. The molecular weight excluding hydrogens is 408 g/mol. The minimum Gasteiger partial charge on any atom is -0.497 e. The van der Waals surface area contributed by atoms with E-state index in [1.165, 1.54) is 11.3 Å².